The van der Waals surface area contributed by atoms with Gasteiger partial charge in [-0.15, -0.1) is 0 Å². The van der Waals surface area contributed by atoms with Crippen LogP contribution in [0.25, 0.3) is 0 Å². The molecule has 1 rings (SSSR count). The van der Waals surface area contributed by atoms with Crippen molar-refractivity contribution in [2.45, 2.75) is 19.4 Å². The highest BCUT2D eigenvalue weighted by Crippen LogP contribution is 2.27. The number of halogens is 2. The smallest absolute Gasteiger partial charge is 0.130 e. The first-order chi connectivity index (χ1) is 6.56. The van der Waals surface area contributed by atoms with Gasteiger partial charge in [0.2, 0.25) is 0 Å². The lowest BCUT2D eigenvalue weighted by atomic mass is 10.1. The van der Waals surface area contributed by atoms with Gasteiger partial charge in [-0.3, -0.25) is 0 Å². The summed E-state index contributed by atoms with van der Waals surface area (Å²) in [5.74, 6) is -0.486. The number of rotatable bonds is 2. The second kappa shape index (κ2) is 4.54. The van der Waals surface area contributed by atoms with Crippen LogP contribution in [-0.4, -0.2) is 5.11 Å². The Balaban J connectivity index is 3.19. The van der Waals surface area contributed by atoms with Gasteiger partial charge in [0.15, 0.2) is 0 Å². The van der Waals surface area contributed by atoms with Crippen molar-refractivity contribution < 1.29 is 9.50 Å². The van der Waals surface area contributed by atoms with Crippen molar-refractivity contribution in [3.05, 3.63) is 33.5 Å². The summed E-state index contributed by atoms with van der Waals surface area (Å²) in [6.45, 7) is 1.49. The Morgan fingerprint density at radius 1 is 1.64 bits per heavy atom. The van der Waals surface area contributed by atoms with Crippen molar-refractivity contribution in [2.24, 2.45) is 0 Å². The van der Waals surface area contributed by atoms with E-state index in [1.807, 2.05) is 6.07 Å². The van der Waals surface area contributed by atoms with E-state index in [0.717, 1.165) is 0 Å². The molecule has 1 N–H and O–H groups in total. The van der Waals surface area contributed by atoms with Crippen LogP contribution in [0.4, 0.5) is 4.39 Å². The van der Waals surface area contributed by atoms with Gasteiger partial charge in [-0.2, -0.15) is 5.26 Å². The number of nitrogens with zero attached hydrogens (tertiary/aromatic N) is 1. The van der Waals surface area contributed by atoms with Crippen LogP contribution in [0.5, 0.6) is 0 Å². The van der Waals surface area contributed by atoms with E-state index < -0.39 is 11.9 Å². The molecule has 2 nitrogen and oxygen atoms in total. The van der Waals surface area contributed by atoms with Gasteiger partial charge in [0.25, 0.3) is 0 Å². The maximum atomic E-state index is 13.4. The summed E-state index contributed by atoms with van der Waals surface area (Å²) in [5, 5.41) is 17.7. The third-order valence-electron chi connectivity index (χ3n) is 1.84. The summed E-state index contributed by atoms with van der Waals surface area (Å²) in [6, 6.07) is 4.86. The number of aliphatic hydroxyl groups excluding tert-OH is 1. The fraction of sp³-hybridized carbons (Fsp3) is 0.300. The Morgan fingerprint density at radius 2 is 2.29 bits per heavy atom. The SMILES string of the molecule is CC(O)c1c(F)cc(CC#N)cc1Br. The Morgan fingerprint density at radius 3 is 2.71 bits per heavy atom. The Kier molecular flexibility index (Phi) is 3.62. The minimum absolute atomic E-state index is 0.162. The first kappa shape index (κ1) is 11.2. The van der Waals surface area contributed by atoms with Crippen LogP contribution in [0.1, 0.15) is 24.2 Å². The van der Waals surface area contributed by atoms with E-state index in [-0.39, 0.29) is 12.0 Å². The average molecular weight is 258 g/mol. The number of nitriles is 1. The lowest BCUT2D eigenvalue weighted by Gasteiger charge is -2.10. The fourth-order valence-electron chi connectivity index (χ4n) is 1.23. The minimum atomic E-state index is -0.861. The predicted octanol–water partition coefficient (Wildman–Crippen LogP) is 2.71. The molecule has 0 saturated heterocycles. The first-order valence-electron chi connectivity index (χ1n) is 4.09. The van der Waals surface area contributed by atoms with Crippen molar-refractivity contribution in [2.75, 3.05) is 0 Å². The van der Waals surface area contributed by atoms with Crippen molar-refractivity contribution >= 4 is 15.9 Å². The molecular weight excluding hydrogens is 249 g/mol. The maximum Gasteiger partial charge on any atom is 0.130 e. The average Bonchev–Trinajstić information content (AvgIpc) is 2.01. The topological polar surface area (TPSA) is 44.0 Å². The fourth-order valence-corrected chi connectivity index (χ4v) is 2.04. The summed E-state index contributed by atoms with van der Waals surface area (Å²) in [6.07, 6.45) is -0.698. The number of benzene rings is 1. The van der Waals surface area contributed by atoms with Crippen LogP contribution < -0.4 is 0 Å². The highest BCUT2D eigenvalue weighted by atomic mass is 79.9. The molecule has 0 heterocycles. The van der Waals surface area contributed by atoms with Gasteiger partial charge < -0.3 is 5.11 Å². The molecule has 0 spiro atoms. The molecule has 0 radical (unpaired) electrons. The van der Waals surface area contributed by atoms with Crippen LogP contribution in [0, 0.1) is 17.1 Å². The molecule has 14 heavy (non-hydrogen) atoms. The summed E-state index contributed by atoms with van der Waals surface area (Å²) < 4.78 is 13.9. The lowest BCUT2D eigenvalue weighted by molar-refractivity contribution is 0.193. The standard InChI is InChI=1S/C10H9BrFNO/c1-6(14)10-8(11)4-7(2-3-13)5-9(10)12/h4-6,14H,2H2,1H3. The molecule has 0 bridgehead atoms. The Hall–Kier alpha value is -0.920. The lowest BCUT2D eigenvalue weighted by Crippen LogP contribution is -1.99. The van der Waals surface area contributed by atoms with Gasteiger partial charge in [-0.1, -0.05) is 15.9 Å². The summed E-state index contributed by atoms with van der Waals surface area (Å²) in [4.78, 5) is 0. The van der Waals surface area contributed by atoms with E-state index >= 15 is 0 Å². The Bertz CT molecular complexity index is 361. The highest BCUT2D eigenvalue weighted by molar-refractivity contribution is 9.10. The minimum Gasteiger partial charge on any atom is -0.389 e. The molecule has 0 fully saturated rings. The molecule has 0 aliphatic rings. The largest absolute Gasteiger partial charge is 0.389 e. The molecule has 0 saturated carbocycles. The van der Waals surface area contributed by atoms with Crippen molar-refractivity contribution in [1.82, 2.24) is 0 Å². The zero-order valence-corrected chi connectivity index (χ0v) is 9.18. The van der Waals surface area contributed by atoms with Gasteiger partial charge >= 0.3 is 0 Å². The van der Waals surface area contributed by atoms with E-state index in [1.165, 1.54) is 13.0 Å². The van der Waals surface area contributed by atoms with Gasteiger partial charge in [-0.05, 0) is 24.6 Å². The van der Waals surface area contributed by atoms with Crippen LogP contribution >= 0.6 is 15.9 Å². The van der Waals surface area contributed by atoms with Crippen molar-refractivity contribution in [1.29, 1.82) is 5.26 Å². The molecule has 1 aromatic carbocycles. The van der Waals surface area contributed by atoms with E-state index in [1.54, 1.807) is 6.07 Å². The van der Waals surface area contributed by atoms with Gasteiger partial charge in [-0.25, -0.2) is 4.39 Å². The molecule has 0 aromatic heterocycles. The van der Waals surface area contributed by atoms with E-state index in [4.69, 9.17) is 5.26 Å². The maximum absolute atomic E-state index is 13.4. The molecule has 0 amide bonds. The van der Waals surface area contributed by atoms with Crippen LogP contribution in [0.2, 0.25) is 0 Å². The third kappa shape index (κ3) is 2.31. The monoisotopic (exact) mass is 257 g/mol. The second-order valence-corrected chi connectivity index (χ2v) is 3.84. The van der Waals surface area contributed by atoms with E-state index in [9.17, 15) is 9.50 Å². The second-order valence-electron chi connectivity index (χ2n) is 2.98. The molecule has 1 aromatic rings. The quantitative estimate of drug-likeness (QED) is 0.886. The number of hydrogen-bond acceptors (Lipinski definition) is 2. The first-order valence-corrected chi connectivity index (χ1v) is 4.88. The Labute approximate surface area is 90.1 Å². The summed E-state index contributed by atoms with van der Waals surface area (Å²) >= 11 is 3.16. The molecule has 74 valence electrons. The summed E-state index contributed by atoms with van der Waals surface area (Å²) in [5.41, 5.74) is 0.827. The van der Waals surface area contributed by atoms with E-state index in [0.29, 0.717) is 10.0 Å². The van der Waals surface area contributed by atoms with Crippen LogP contribution in [0.3, 0.4) is 0 Å². The molecule has 4 heteroatoms. The zero-order valence-electron chi connectivity index (χ0n) is 7.59. The van der Waals surface area contributed by atoms with Gasteiger partial charge in [0.05, 0.1) is 18.6 Å². The molecule has 0 aliphatic heterocycles. The molecule has 1 atom stereocenters. The normalized spacial score (nSPS) is 12.2. The summed E-state index contributed by atoms with van der Waals surface area (Å²) in [7, 11) is 0. The van der Waals surface area contributed by atoms with E-state index in [2.05, 4.69) is 15.9 Å². The van der Waals surface area contributed by atoms with Gasteiger partial charge in [0.1, 0.15) is 5.82 Å². The molecular formula is C10H9BrFNO. The molecule has 1 unspecified atom stereocenters. The third-order valence-corrected chi connectivity index (χ3v) is 2.50. The molecule has 0 aliphatic carbocycles. The van der Waals surface area contributed by atoms with Crippen LogP contribution in [0.15, 0.2) is 16.6 Å². The number of hydrogen-bond donors (Lipinski definition) is 1. The highest BCUT2D eigenvalue weighted by Gasteiger charge is 2.13. The van der Waals surface area contributed by atoms with Gasteiger partial charge in [0, 0.05) is 10.0 Å². The van der Waals surface area contributed by atoms with Crippen molar-refractivity contribution in [3.8, 4) is 6.07 Å². The predicted molar refractivity (Wildman–Crippen MR) is 54.1 cm³/mol. The number of aliphatic hydroxyl groups is 1. The zero-order chi connectivity index (χ0) is 10.7. The van der Waals surface area contributed by atoms with Crippen LogP contribution in [-0.2, 0) is 6.42 Å². The van der Waals surface area contributed by atoms with Crippen molar-refractivity contribution in [3.63, 3.8) is 0 Å².